The molecule has 7 heteroatoms. The van der Waals surface area contributed by atoms with Gasteiger partial charge in [0.2, 0.25) is 10.0 Å². The molecule has 0 bridgehead atoms. The van der Waals surface area contributed by atoms with Crippen LogP contribution < -0.4 is 4.72 Å². The van der Waals surface area contributed by atoms with Crippen LogP contribution in [0.15, 0.2) is 28.0 Å². The molecule has 1 aromatic carbocycles. The summed E-state index contributed by atoms with van der Waals surface area (Å²) in [6.45, 7) is 5.25. The fourth-order valence-electron chi connectivity index (χ4n) is 2.88. The van der Waals surface area contributed by atoms with Gasteiger partial charge in [0.25, 0.3) is 5.91 Å². The van der Waals surface area contributed by atoms with Gasteiger partial charge in [-0.2, -0.15) is 0 Å². The molecule has 140 valence electrons. The normalized spacial score (nSPS) is 17.2. The molecular weight excluding hydrogens is 356 g/mol. The topological polar surface area (TPSA) is 66.5 Å². The highest BCUT2D eigenvalue weighted by Crippen LogP contribution is 2.26. The van der Waals surface area contributed by atoms with Crippen LogP contribution in [-0.4, -0.2) is 44.6 Å². The van der Waals surface area contributed by atoms with Crippen molar-refractivity contribution in [2.75, 3.05) is 19.3 Å². The SMILES string of the molecule is CC[C@@H](C)NS(=O)(=O)c1ccc(SC)c(C(=O)N2CCCCCC2)c1. The standard InChI is InChI=1S/C18H28N2O3S2/c1-4-14(2)19-25(22,23)15-9-10-17(24-3)16(13-15)18(21)20-11-7-5-6-8-12-20/h9-10,13-14,19H,4-8,11-12H2,1-3H3/t14-/m1/s1. The van der Waals surface area contributed by atoms with Crippen LogP contribution in [-0.2, 0) is 10.0 Å². The van der Waals surface area contributed by atoms with Crippen LogP contribution in [0.5, 0.6) is 0 Å². The molecule has 1 aliphatic rings. The summed E-state index contributed by atoms with van der Waals surface area (Å²) in [5.41, 5.74) is 0.487. The second-order valence-corrected chi connectivity index (χ2v) is 9.06. The van der Waals surface area contributed by atoms with Gasteiger partial charge < -0.3 is 4.90 Å². The zero-order chi connectivity index (χ0) is 18.4. The van der Waals surface area contributed by atoms with Gasteiger partial charge in [-0.15, -0.1) is 11.8 Å². The van der Waals surface area contributed by atoms with Crippen molar-refractivity contribution in [2.45, 2.75) is 61.8 Å². The van der Waals surface area contributed by atoms with Gasteiger partial charge in [0.1, 0.15) is 0 Å². The van der Waals surface area contributed by atoms with E-state index < -0.39 is 10.0 Å². The van der Waals surface area contributed by atoms with E-state index in [1.807, 2.05) is 25.0 Å². The van der Waals surface area contributed by atoms with Crippen molar-refractivity contribution in [3.05, 3.63) is 23.8 Å². The number of hydrogen-bond acceptors (Lipinski definition) is 4. The van der Waals surface area contributed by atoms with Crippen LogP contribution >= 0.6 is 11.8 Å². The fourth-order valence-corrected chi connectivity index (χ4v) is 4.80. The third-order valence-corrected chi connectivity index (χ3v) is 6.96. The number of thioether (sulfide) groups is 1. The van der Waals surface area contributed by atoms with Gasteiger partial charge >= 0.3 is 0 Å². The maximum atomic E-state index is 13.0. The highest BCUT2D eigenvalue weighted by Gasteiger charge is 2.24. The zero-order valence-corrected chi connectivity index (χ0v) is 16.9. The van der Waals surface area contributed by atoms with E-state index >= 15 is 0 Å². The van der Waals surface area contributed by atoms with E-state index in [9.17, 15) is 13.2 Å². The molecule has 1 atom stereocenters. The van der Waals surface area contributed by atoms with E-state index in [1.54, 1.807) is 12.1 Å². The lowest BCUT2D eigenvalue weighted by Gasteiger charge is -2.22. The van der Waals surface area contributed by atoms with Gasteiger partial charge in [-0.25, -0.2) is 13.1 Å². The Morgan fingerprint density at radius 2 is 1.88 bits per heavy atom. The summed E-state index contributed by atoms with van der Waals surface area (Å²) in [6, 6.07) is 4.70. The van der Waals surface area contributed by atoms with E-state index in [-0.39, 0.29) is 16.8 Å². The number of sulfonamides is 1. The highest BCUT2D eigenvalue weighted by atomic mass is 32.2. The number of hydrogen-bond donors (Lipinski definition) is 1. The molecule has 0 unspecified atom stereocenters. The van der Waals surface area contributed by atoms with Crippen molar-refractivity contribution in [1.82, 2.24) is 9.62 Å². The number of nitrogens with one attached hydrogen (secondary N) is 1. The Bertz CT molecular complexity index is 696. The number of carbonyl (C=O) groups is 1. The van der Waals surface area contributed by atoms with E-state index in [4.69, 9.17) is 0 Å². The number of rotatable bonds is 6. The summed E-state index contributed by atoms with van der Waals surface area (Å²) < 4.78 is 27.8. The van der Waals surface area contributed by atoms with Crippen LogP contribution in [0.25, 0.3) is 0 Å². The molecule has 0 radical (unpaired) electrons. The Kier molecular flexibility index (Phi) is 7.34. The lowest BCUT2D eigenvalue weighted by molar-refractivity contribution is 0.0758. The van der Waals surface area contributed by atoms with Gasteiger partial charge in [0.15, 0.2) is 0 Å². The number of benzene rings is 1. The second kappa shape index (κ2) is 9.05. The fraction of sp³-hybridized carbons (Fsp3) is 0.611. The third kappa shape index (κ3) is 5.21. The minimum atomic E-state index is -3.62. The van der Waals surface area contributed by atoms with Crippen molar-refractivity contribution in [1.29, 1.82) is 0 Å². The number of nitrogens with zero attached hydrogens (tertiary/aromatic N) is 1. The Labute approximate surface area is 155 Å². The number of likely N-dealkylation sites (tertiary alicyclic amines) is 1. The maximum Gasteiger partial charge on any atom is 0.255 e. The van der Waals surface area contributed by atoms with Gasteiger partial charge in [0.05, 0.1) is 10.5 Å². The number of amides is 1. The molecule has 1 fully saturated rings. The summed E-state index contributed by atoms with van der Waals surface area (Å²) in [4.78, 5) is 15.8. The zero-order valence-electron chi connectivity index (χ0n) is 15.2. The van der Waals surface area contributed by atoms with Gasteiger partial charge in [-0.05, 0) is 50.6 Å². The molecular formula is C18H28N2O3S2. The van der Waals surface area contributed by atoms with Crippen molar-refractivity contribution >= 4 is 27.7 Å². The Balaban J connectivity index is 2.34. The van der Waals surface area contributed by atoms with Gasteiger partial charge in [0, 0.05) is 24.0 Å². The molecule has 1 aromatic rings. The molecule has 2 rings (SSSR count). The molecule has 0 aromatic heterocycles. The third-order valence-electron chi connectivity index (χ3n) is 4.57. The van der Waals surface area contributed by atoms with E-state index in [2.05, 4.69) is 4.72 Å². The molecule has 1 N–H and O–H groups in total. The first-order valence-electron chi connectivity index (χ1n) is 8.88. The van der Waals surface area contributed by atoms with E-state index in [0.717, 1.165) is 43.7 Å². The average Bonchev–Trinajstić information content (AvgIpc) is 2.89. The largest absolute Gasteiger partial charge is 0.339 e. The van der Waals surface area contributed by atoms with Crippen LogP contribution in [0.1, 0.15) is 56.3 Å². The number of carbonyl (C=O) groups excluding carboxylic acids is 1. The van der Waals surface area contributed by atoms with Gasteiger partial charge in [-0.1, -0.05) is 19.8 Å². The summed E-state index contributed by atoms with van der Waals surface area (Å²) in [6.07, 6.45) is 6.92. The molecule has 0 spiro atoms. The first-order valence-corrected chi connectivity index (χ1v) is 11.6. The van der Waals surface area contributed by atoms with Crippen LogP contribution in [0.2, 0.25) is 0 Å². The summed E-state index contributed by atoms with van der Waals surface area (Å²) >= 11 is 1.47. The minimum absolute atomic E-state index is 0.0631. The Morgan fingerprint density at radius 3 is 2.44 bits per heavy atom. The monoisotopic (exact) mass is 384 g/mol. The quantitative estimate of drug-likeness (QED) is 0.762. The summed E-state index contributed by atoms with van der Waals surface area (Å²) in [5, 5.41) is 0. The van der Waals surface area contributed by atoms with Crippen LogP contribution in [0, 0.1) is 0 Å². The van der Waals surface area contributed by atoms with Crippen molar-refractivity contribution in [3.8, 4) is 0 Å². The van der Waals surface area contributed by atoms with Gasteiger partial charge in [-0.3, -0.25) is 4.79 Å². The predicted molar refractivity (Wildman–Crippen MR) is 103 cm³/mol. The lowest BCUT2D eigenvalue weighted by Crippen LogP contribution is -2.33. The highest BCUT2D eigenvalue weighted by molar-refractivity contribution is 7.98. The smallest absolute Gasteiger partial charge is 0.255 e. The van der Waals surface area contributed by atoms with Crippen LogP contribution in [0.4, 0.5) is 0 Å². The lowest BCUT2D eigenvalue weighted by atomic mass is 10.2. The first-order chi connectivity index (χ1) is 11.9. The minimum Gasteiger partial charge on any atom is -0.339 e. The molecule has 1 saturated heterocycles. The predicted octanol–water partition coefficient (Wildman–Crippen LogP) is 3.50. The van der Waals surface area contributed by atoms with Crippen molar-refractivity contribution in [2.24, 2.45) is 0 Å². The van der Waals surface area contributed by atoms with E-state index in [1.165, 1.54) is 17.8 Å². The second-order valence-electron chi connectivity index (χ2n) is 6.50. The maximum absolute atomic E-state index is 13.0. The molecule has 1 heterocycles. The molecule has 1 amide bonds. The first kappa shape index (κ1) is 20.3. The van der Waals surface area contributed by atoms with Crippen molar-refractivity contribution < 1.29 is 13.2 Å². The molecule has 0 saturated carbocycles. The average molecular weight is 385 g/mol. The van der Waals surface area contributed by atoms with Crippen LogP contribution in [0.3, 0.4) is 0 Å². The van der Waals surface area contributed by atoms with E-state index in [0.29, 0.717) is 12.0 Å². The Morgan fingerprint density at radius 1 is 1.24 bits per heavy atom. The molecule has 1 aliphatic heterocycles. The van der Waals surface area contributed by atoms with Crippen molar-refractivity contribution in [3.63, 3.8) is 0 Å². The summed E-state index contributed by atoms with van der Waals surface area (Å²) in [7, 11) is -3.62. The molecule has 0 aliphatic carbocycles. The molecule has 5 nitrogen and oxygen atoms in total. The Hall–Kier alpha value is -1.05. The summed E-state index contributed by atoms with van der Waals surface area (Å²) in [5.74, 6) is -0.0631. The molecule has 25 heavy (non-hydrogen) atoms.